The van der Waals surface area contributed by atoms with Crippen molar-refractivity contribution < 1.29 is 24.2 Å². The highest BCUT2D eigenvalue weighted by molar-refractivity contribution is 6.05. The summed E-state index contributed by atoms with van der Waals surface area (Å²) in [6.07, 6.45) is 0.453. The maximum atomic E-state index is 12.5. The molecule has 0 unspecified atom stereocenters. The van der Waals surface area contributed by atoms with Crippen molar-refractivity contribution in [2.45, 2.75) is 19.8 Å². The molecule has 0 aliphatic heterocycles. The lowest BCUT2D eigenvalue weighted by atomic mass is 10.1. The molecule has 0 aliphatic rings. The van der Waals surface area contributed by atoms with Crippen molar-refractivity contribution in [3.8, 4) is 11.5 Å². The van der Waals surface area contributed by atoms with Gasteiger partial charge in [0.1, 0.15) is 11.5 Å². The first-order chi connectivity index (χ1) is 11.9. The van der Waals surface area contributed by atoms with E-state index in [1.54, 1.807) is 30.3 Å². The highest BCUT2D eigenvalue weighted by Crippen LogP contribution is 2.29. The van der Waals surface area contributed by atoms with E-state index in [0.717, 1.165) is 11.1 Å². The summed E-state index contributed by atoms with van der Waals surface area (Å²) in [4.78, 5) is 23.2. The molecule has 0 bridgehead atoms. The van der Waals surface area contributed by atoms with Crippen LogP contribution in [-0.2, 0) is 11.2 Å². The number of aliphatic carboxylic acids is 1. The SMILES string of the molecule is COc1cc(C(=O)Nc2cccc(CCC(=O)O)c2)cc(OC)c1C. The fourth-order valence-corrected chi connectivity index (χ4v) is 2.48. The third kappa shape index (κ3) is 4.73. The average molecular weight is 343 g/mol. The molecule has 6 nitrogen and oxygen atoms in total. The van der Waals surface area contributed by atoms with Crippen LogP contribution >= 0.6 is 0 Å². The minimum absolute atomic E-state index is 0.0454. The van der Waals surface area contributed by atoms with Gasteiger partial charge in [-0.3, -0.25) is 9.59 Å². The van der Waals surface area contributed by atoms with Crippen LogP contribution in [0.1, 0.15) is 27.9 Å². The summed E-state index contributed by atoms with van der Waals surface area (Å²) < 4.78 is 10.6. The Labute approximate surface area is 146 Å². The van der Waals surface area contributed by atoms with Crippen LogP contribution in [0.3, 0.4) is 0 Å². The molecule has 6 heteroatoms. The normalized spacial score (nSPS) is 10.2. The lowest BCUT2D eigenvalue weighted by Crippen LogP contribution is -2.13. The van der Waals surface area contributed by atoms with Crippen molar-refractivity contribution in [3.63, 3.8) is 0 Å². The summed E-state index contributed by atoms with van der Waals surface area (Å²) in [5.41, 5.74) is 2.68. The molecule has 1 amide bonds. The first-order valence-corrected chi connectivity index (χ1v) is 7.79. The maximum absolute atomic E-state index is 12.5. The van der Waals surface area contributed by atoms with Gasteiger partial charge in [-0.2, -0.15) is 0 Å². The van der Waals surface area contributed by atoms with Gasteiger partial charge in [0.2, 0.25) is 0 Å². The molecule has 0 saturated carbocycles. The lowest BCUT2D eigenvalue weighted by molar-refractivity contribution is -0.136. The number of methoxy groups -OCH3 is 2. The highest BCUT2D eigenvalue weighted by atomic mass is 16.5. The summed E-state index contributed by atoms with van der Waals surface area (Å²) in [7, 11) is 3.07. The number of carboxylic acid groups (broad SMARTS) is 1. The van der Waals surface area contributed by atoms with Crippen molar-refractivity contribution in [1.29, 1.82) is 0 Å². The van der Waals surface area contributed by atoms with E-state index in [2.05, 4.69) is 5.32 Å². The molecule has 2 N–H and O–H groups in total. The first kappa shape index (κ1) is 18.3. The van der Waals surface area contributed by atoms with Gasteiger partial charge < -0.3 is 19.9 Å². The van der Waals surface area contributed by atoms with Crippen molar-refractivity contribution >= 4 is 17.6 Å². The zero-order valence-corrected chi connectivity index (χ0v) is 14.5. The number of carbonyl (C=O) groups excluding carboxylic acids is 1. The van der Waals surface area contributed by atoms with Crippen LogP contribution in [0, 0.1) is 6.92 Å². The average Bonchev–Trinajstić information content (AvgIpc) is 2.60. The number of ether oxygens (including phenoxy) is 2. The van der Waals surface area contributed by atoms with Gasteiger partial charge in [-0.15, -0.1) is 0 Å². The second-order valence-corrected chi connectivity index (χ2v) is 5.55. The Bertz CT molecular complexity index is 760. The van der Waals surface area contributed by atoms with Crippen LogP contribution in [0.5, 0.6) is 11.5 Å². The van der Waals surface area contributed by atoms with Crippen LogP contribution in [0.25, 0.3) is 0 Å². The molecule has 0 spiro atoms. The number of anilines is 1. The molecule has 132 valence electrons. The monoisotopic (exact) mass is 343 g/mol. The van der Waals surface area contributed by atoms with Crippen molar-refractivity contribution in [3.05, 3.63) is 53.1 Å². The third-order valence-electron chi connectivity index (χ3n) is 3.83. The van der Waals surface area contributed by atoms with Crippen LogP contribution in [-0.4, -0.2) is 31.2 Å². The molecule has 0 atom stereocenters. The van der Waals surface area contributed by atoms with Gasteiger partial charge >= 0.3 is 5.97 Å². The first-order valence-electron chi connectivity index (χ1n) is 7.79. The van der Waals surface area contributed by atoms with Crippen molar-refractivity contribution in [2.24, 2.45) is 0 Å². The topological polar surface area (TPSA) is 84.9 Å². The Morgan fingerprint density at radius 3 is 2.28 bits per heavy atom. The number of amides is 1. The number of carbonyl (C=O) groups is 2. The molecule has 2 aromatic carbocycles. The van der Waals surface area contributed by atoms with E-state index in [4.69, 9.17) is 14.6 Å². The maximum Gasteiger partial charge on any atom is 0.303 e. The number of nitrogens with one attached hydrogen (secondary N) is 1. The van der Waals surface area contributed by atoms with Gasteiger partial charge in [-0.25, -0.2) is 0 Å². The molecule has 0 radical (unpaired) electrons. The summed E-state index contributed by atoms with van der Waals surface area (Å²) in [5.74, 6) is -0.0142. The smallest absolute Gasteiger partial charge is 0.303 e. The molecule has 0 aliphatic carbocycles. The predicted molar refractivity (Wildman–Crippen MR) is 94.6 cm³/mol. The number of hydrogen-bond acceptors (Lipinski definition) is 4. The fraction of sp³-hybridized carbons (Fsp3) is 0.263. The van der Waals surface area contributed by atoms with Crippen LogP contribution in [0.4, 0.5) is 5.69 Å². The van der Waals surface area contributed by atoms with Gasteiger partial charge in [0, 0.05) is 23.2 Å². The van der Waals surface area contributed by atoms with E-state index in [1.807, 2.05) is 13.0 Å². The molecule has 2 aromatic rings. The third-order valence-corrected chi connectivity index (χ3v) is 3.83. The van der Waals surface area contributed by atoms with Crippen LogP contribution < -0.4 is 14.8 Å². The van der Waals surface area contributed by atoms with E-state index in [0.29, 0.717) is 29.2 Å². The number of rotatable bonds is 7. The lowest BCUT2D eigenvalue weighted by Gasteiger charge is -2.13. The Morgan fingerprint density at radius 1 is 1.08 bits per heavy atom. The summed E-state index contributed by atoms with van der Waals surface area (Å²) in [6.45, 7) is 1.85. The Kier molecular flexibility index (Phi) is 6.00. The standard InChI is InChI=1S/C19H21NO5/c1-12-16(24-2)10-14(11-17(12)25-3)19(23)20-15-6-4-5-13(9-15)7-8-18(21)22/h4-6,9-11H,7-8H2,1-3H3,(H,20,23)(H,21,22). The van der Waals surface area contributed by atoms with Crippen LogP contribution in [0.15, 0.2) is 36.4 Å². The van der Waals surface area contributed by atoms with Gasteiger partial charge in [0.05, 0.1) is 14.2 Å². The molecule has 25 heavy (non-hydrogen) atoms. The molecular weight excluding hydrogens is 322 g/mol. The van der Waals surface area contributed by atoms with E-state index in [1.165, 1.54) is 14.2 Å². The minimum atomic E-state index is -0.853. The van der Waals surface area contributed by atoms with Crippen molar-refractivity contribution in [2.75, 3.05) is 19.5 Å². The van der Waals surface area contributed by atoms with E-state index in [-0.39, 0.29) is 12.3 Å². The number of carboxylic acids is 1. The highest BCUT2D eigenvalue weighted by Gasteiger charge is 2.14. The largest absolute Gasteiger partial charge is 0.496 e. The second kappa shape index (κ2) is 8.19. The molecule has 0 saturated heterocycles. The predicted octanol–water partition coefficient (Wildman–Crippen LogP) is 3.28. The molecule has 0 aromatic heterocycles. The molecular formula is C19H21NO5. The molecule has 0 heterocycles. The van der Waals surface area contributed by atoms with Crippen LogP contribution in [0.2, 0.25) is 0 Å². The summed E-state index contributed by atoms with van der Waals surface area (Å²) in [6, 6.07) is 10.4. The Hall–Kier alpha value is -3.02. The fourth-order valence-electron chi connectivity index (χ4n) is 2.48. The second-order valence-electron chi connectivity index (χ2n) is 5.55. The quantitative estimate of drug-likeness (QED) is 0.806. The van der Waals surface area contributed by atoms with Gasteiger partial charge in [0.15, 0.2) is 0 Å². The number of hydrogen-bond donors (Lipinski definition) is 2. The van der Waals surface area contributed by atoms with E-state index in [9.17, 15) is 9.59 Å². The molecule has 2 rings (SSSR count). The number of aryl methyl sites for hydroxylation is 1. The van der Waals surface area contributed by atoms with Crippen molar-refractivity contribution in [1.82, 2.24) is 0 Å². The molecule has 0 fully saturated rings. The van der Waals surface area contributed by atoms with Gasteiger partial charge in [-0.05, 0) is 43.2 Å². The van der Waals surface area contributed by atoms with Gasteiger partial charge in [-0.1, -0.05) is 12.1 Å². The van der Waals surface area contributed by atoms with E-state index < -0.39 is 5.97 Å². The zero-order valence-electron chi connectivity index (χ0n) is 14.5. The summed E-state index contributed by atoms with van der Waals surface area (Å²) >= 11 is 0. The number of benzene rings is 2. The van der Waals surface area contributed by atoms with Gasteiger partial charge in [0.25, 0.3) is 5.91 Å². The summed E-state index contributed by atoms with van der Waals surface area (Å²) in [5, 5.41) is 11.6. The minimum Gasteiger partial charge on any atom is -0.496 e. The Balaban J connectivity index is 2.19. The zero-order chi connectivity index (χ0) is 18.4. The Morgan fingerprint density at radius 2 is 1.72 bits per heavy atom. The van der Waals surface area contributed by atoms with E-state index >= 15 is 0 Å².